The van der Waals surface area contributed by atoms with Gasteiger partial charge in [-0.25, -0.2) is 0 Å². The molecule has 3 rings (SSSR count). The largest absolute Gasteiger partial charge is 0.497 e. The van der Waals surface area contributed by atoms with Crippen LogP contribution < -0.4 is 4.74 Å². The quantitative estimate of drug-likeness (QED) is 0.785. The van der Waals surface area contributed by atoms with Crippen LogP contribution in [0.5, 0.6) is 5.75 Å². The highest BCUT2D eigenvalue weighted by Crippen LogP contribution is 2.23. The molecule has 0 amide bonds. The Morgan fingerprint density at radius 1 is 0.917 bits per heavy atom. The van der Waals surface area contributed by atoms with Crippen LogP contribution in [0, 0.1) is 0 Å². The average molecular weight is 365 g/mol. The van der Waals surface area contributed by atoms with Crippen LogP contribution in [0.2, 0.25) is 10.0 Å². The van der Waals surface area contributed by atoms with Gasteiger partial charge in [0.2, 0.25) is 0 Å². The van der Waals surface area contributed by atoms with E-state index in [1.165, 1.54) is 5.56 Å². The van der Waals surface area contributed by atoms with Gasteiger partial charge < -0.3 is 4.74 Å². The summed E-state index contributed by atoms with van der Waals surface area (Å²) in [5, 5.41) is 1.44. The summed E-state index contributed by atoms with van der Waals surface area (Å²) in [5.41, 5.74) is 2.44. The van der Waals surface area contributed by atoms with Gasteiger partial charge in [-0.15, -0.1) is 0 Å². The standard InChI is InChI=1S/C19H22Cl2N2O/c1-24-18-4-2-3-15(11-18)13-22-7-9-23(10-8-22)14-16-5-6-17(20)12-19(16)21/h2-6,11-12H,7-10,13-14H2,1H3. The molecule has 3 nitrogen and oxygen atoms in total. The Labute approximate surface area is 153 Å². The van der Waals surface area contributed by atoms with Crippen LogP contribution in [0.1, 0.15) is 11.1 Å². The molecule has 1 aliphatic rings. The predicted molar refractivity (Wildman–Crippen MR) is 100 cm³/mol. The van der Waals surface area contributed by atoms with Gasteiger partial charge in [0.15, 0.2) is 0 Å². The van der Waals surface area contributed by atoms with Crippen molar-refractivity contribution in [3.8, 4) is 5.75 Å². The number of nitrogens with zero attached hydrogens (tertiary/aromatic N) is 2. The third-order valence-electron chi connectivity index (χ3n) is 4.41. The van der Waals surface area contributed by atoms with Gasteiger partial charge in [0.1, 0.15) is 5.75 Å². The molecule has 0 aliphatic carbocycles. The molecule has 5 heteroatoms. The molecule has 1 heterocycles. The highest BCUT2D eigenvalue weighted by atomic mass is 35.5. The molecule has 0 N–H and O–H groups in total. The predicted octanol–water partition coefficient (Wildman–Crippen LogP) is 4.32. The van der Waals surface area contributed by atoms with E-state index in [4.69, 9.17) is 27.9 Å². The Bertz CT molecular complexity index is 685. The van der Waals surface area contributed by atoms with E-state index in [1.807, 2.05) is 30.3 Å². The van der Waals surface area contributed by atoms with E-state index in [1.54, 1.807) is 7.11 Å². The van der Waals surface area contributed by atoms with Crippen molar-refractivity contribution in [1.29, 1.82) is 0 Å². The second-order valence-electron chi connectivity index (χ2n) is 6.14. The number of ether oxygens (including phenoxy) is 1. The lowest BCUT2D eigenvalue weighted by atomic mass is 10.1. The van der Waals surface area contributed by atoms with Gasteiger partial charge in [-0.1, -0.05) is 41.4 Å². The first-order valence-corrected chi connectivity index (χ1v) is 8.91. The molecule has 0 spiro atoms. The normalized spacial score (nSPS) is 16.3. The van der Waals surface area contributed by atoms with E-state index in [2.05, 4.69) is 21.9 Å². The molecule has 0 radical (unpaired) electrons. The van der Waals surface area contributed by atoms with Crippen molar-refractivity contribution in [2.24, 2.45) is 0 Å². The monoisotopic (exact) mass is 364 g/mol. The summed E-state index contributed by atoms with van der Waals surface area (Å²) in [6.07, 6.45) is 0. The number of hydrogen-bond acceptors (Lipinski definition) is 3. The number of rotatable bonds is 5. The minimum absolute atomic E-state index is 0.687. The summed E-state index contributed by atoms with van der Waals surface area (Å²) in [5.74, 6) is 0.920. The lowest BCUT2D eigenvalue weighted by Crippen LogP contribution is -2.45. The Hall–Kier alpha value is -1.26. The third kappa shape index (κ3) is 4.64. The van der Waals surface area contributed by atoms with Crippen LogP contribution in [0.4, 0.5) is 0 Å². The Morgan fingerprint density at radius 2 is 1.62 bits per heavy atom. The molecular formula is C19H22Cl2N2O. The van der Waals surface area contributed by atoms with Crippen LogP contribution in [0.3, 0.4) is 0 Å². The van der Waals surface area contributed by atoms with E-state index in [0.29, 0.717) is 5.02 Å². The Balaban J connectivity index is 1.52. The third-order valence-corrected chi connectivity index (χ3v) is 5.00. The van der Waals surface area contributed by atoms with Crippen molar-refractivity contribution in [1.82, 2.24) is 9.80 Å². The number of halogens is 2. The van der Waals surface area contributed by atoms with Crippen molar-refractivity contribution < 1.29 is 4.74 Å². The maximum atomic E-state index is 6.28. The molecule has 128 valence electrons. The molecule has 1 aliphatic heterocycles. The molecule has 1 saturated heterocycles. The van der Waals surface area contributed by atoms with E-state index in [0.717, 1.165) is 55.6 Å². The molecule has 0 atom stereocenters. The smallest absolute Gasteiger partial charge is 0.119 e. The molecular weight excluding hydrogens is 343 g/mol. The molecule has 0 bridgehead atoms. The fraction of sp³-hybridized carbons (Fsp3) is 0.368. The zero-order valence-electron chi connectivity index (χ0n) is 13.8. The molecule has 0 saturated carbocycles. The van der Waals surface area contributed by atoms with Crippen molar-refractivity contribution in [3.63, 3.8) is 0 Å². The Morgan fingerprint density at radius 3 is 2.29 bits per heavy atom. The topological polar surface area (TPSA) is 15.7 Å². The van der Waals surface area contributed by atoms with Gasteiger partial charge in [0, 0.05) is 49.3 Å². The molecule has 0 unspecified atom stereocenters. The SMILES string of the molecule is COc1cccc(CN2CCN(Cc3ccc(Cl)cc3Cl)CC2)c1. The first-order chi connectivity index (χ1) is 11.6. The van der Waals surface area contributed by atoms with Gasteiger partial charge in [-0.2, -0.15) is 0 Å². The first kappa shape index (κ1) is 17.6. The van der Waals surface area contributed by atoms with E-state index >= 15 is 0 Å². The highest BCUT2D eigenvalue weighted by molar-refractivity contribution is 6.35. The molecule has 2 aromatic rings. The molecule has 24 heavy (non-hydrogen) atoms. The van der Waals surface area contributed by atoms with Crippen LogP contribution >= 0.6 is 23.2 Å². The van der Waals surface area contributed by atoms with E-state index in [-0.39, 0.29) is 0 Å². The maximum absolute atomic E-state index is 6.28. The summed E-state index contributed by atoms with van der Waals surface area (Å²) in [7, 11) is 1.71. The van der Waals surface area contributed by atoms with Crippen molar-refractivity contribution in [3.05, 3.63) is 63.6 Å². The summed E-state index contributed by atoms with van der Waals surface area (Å²) >= 11 is 12.2. The molecule has 2 aromatic carbocycles. The van der Waals surface area contributed by atoms with Crippen molar-refractivity contribution >= 4 is 23.2 Å². The van der Waals surface area contributed by atoms with E-state index < -0.39 is 0 Å². The second kappa shape index (κ2) is 8.21. The minimum Gasteiger partial charge on any atom is -0.497 e. The van der Waals surface area contributed by atoms with Gasteiger partial charge in [0.25, 0.3) is 0 Å². The van der Waals surface area contributed by atoms with Gasteiger partial charge in [-0.3, -0.25) is 9.80 Å². The van der Waals surface area contributed by atoms with Crippen LogP contribution in [-0.4, -0.2) is 43.1 Å². The minimum atomic E-state index is 0.687. The fourth-order valence-corrected chi connectivity index (χ4v) is 3.49. The number of piperazine rings is 1. The second-order valence-corrected chi connectivity index (χ2v) is 6.98. The lowest BCUT2D eigenvalue weighted by molar-refractivity contribution is 0.122. The summed E-state index contributed by atoms with van der Waals surface area (Å²) in [6.45, 7) is 6.05. The maximum Gasteiger partial charge on any atom is 0.119 e. The van der Waals surface area contributed by atoms with Crippen molar-refractivity contribution in [2.75, 3.05) is 33.3 Å². The first-order valence-electron chi connectivity index (χ1n) is 8.15. The fourth-order valence-electron chi connectivity index (χ4n) is 3.03. The average Bonchev–Trinajstić information content (AvgIpc) is 2.59. The van der Waals surface area contributed by atoms with Gasteiger partial charge in [0.05, 0.1) is 7.11 Å². The zero-order chi connectivity index (χ0) is 16.9. The summed E-state index contributed by atoms with van der Waals surface area (Å²) in [6, 6.07) is 14.0. The van der Waals surface area contributed by atoms with Crippen molar-refractivity contribution in [2.45, 2.75) is 13.1 Å². The molecule has 0 aromatic heterocycles. The number of hydrogen-bond donors (Lipinski definition) is 0. The number of methoxy groups -OCH3 is 1. The number of benzene rings is 2. The van der Waals surface area contributed by atoms with Crippen LogP contribution in [0.25, 0.3) is 0 Å². The molecule has 1 fully saturated rings. The van der Waals surface area contributed by atoms with E-state index in [9.17, 15) is 0 Å². The Kier molecular flexibility index (Phi) is 6.01. The lowest BCUT2D eigenvalue weighted by Gasteiger charge is -2.35. The van der Waals surface area contributed by atoms with Gasteiger partial charge in [-0.05, 0) is 35.4 Å². The van der Waals surface area contributed by atoms with Gasteiger partial charge >= 0.3 is 0 Å². The highest BCUT2D eigenvalue weighted by Gasteiger charge is 2.18. The van der Waals surface area contributed by atoms with Crippen LogP contribution in [0.15, 0.2) is 42.5 Å². The zero-order valence-corrected chi connectivity index (χ0v) is 15.4. The summed E-state index contributed by atoms with van der Waals surface area (Å²) < 4.78 is 5.30. The van der Waals surface area contributed by atoms with Crippen LogP contribution in [-0.2, 0) is 13.1 Å². The summed E-state index contributed by atoms with van der Waals surface area (Å²) in [4.78, 5) is 4.92.